The average molecular weight is 547 g/mol. The third-order valence-corrected chi connectivity index (χ3v) is 6.78. The molecule has 0 bridgehead atoms. The Labute approximate surface area is 219 Å². The summed E-state index contributed by atoms with van der Waals surface area (Å²) in [6.45, 7) is 7.82. The molecule has 1 aliphatic heterocycles. The Kier molecular flexibility index (Phi) is 7.13. The number of hydrogen-bond donors (Lipinski definition) is 1. The largest absolute Gasteiger partial charge is 0.496 e. The van der Waals surface area contributed by atoms with Gasteiger partial charge in [-0.1, -0.05) is 57.4 Å². The lowest BCUT2D eigenvalue weighted by Crippen LogP contribution is -2.54. The van der Waals surface area contributed by atoms with E-state index in [1.165, 1.54) is 17.2 Å². The van der Waals surface area contributed by atoms with E-state index in [-0.39, 0.29) is 5.57 Å². The van der Waals surface area contributed by atoms with E-state index in [1.54, 1.807) is 19.2 Å². The molecular formula is C29H27BrN2O4. The summed E-state index contributed by atoms with van der Waals surface area (Å²) < 4.78 is 6.46. The van der Waals surface area contributed by atoms with Crippen LogP contribution in [0.25, 0.3) is 6.08 Å². The van der Waals surface area contributed by atoms with Crippen molar-refractivity contribution in [3.8, 4) is 5.75 Å². The molecule has 4 amide bonds. The molecule has 1 heterocycles. The third kappa shape index (κ3) is 5.11. The van der Waals surface area contributed by atoms with Crippen LogP contribution in [0, 0.1) is 27.7 Å². The summed E-state index contributed by atoms with van der Waals surface area (Å²) in [5.41, 5.74) is 7.03. The van der Waals surface area contributed by atoms with Crippen LogP contribution < -0.4 is 15.0 Å². The predicted molar refractivity (Wildman–Crippen MR) is 144 cm³/mol. The standard InChI is InChI=1S/C29H27BrN2O4/c1-16-6-7-19(4)25(11-16)32-28(34)23(27(33)31-29(32)35)13-21-14-24(30)22(26(15-21)36-5)12-20-9-17(2)8-18(3)10-20/h6-11,13-15H,12H2,1-5H3,(H,31,33,35)/b23-13+. The molecular weight excluding hydrogens is 520 g/mol. The highest BCUT2D eigenvalue weighted by atomic mass is 79.9. The van der Waals surface area contributed by atoms with E-state index in [1.807, 2.05) is 32.0 Å². The van der Waals surface area contributed by atoms with E-state index in [9.17, 15) is 14.4 Å². The summed E-state index contributed by atoms with van der Waals surface area (Å²) in [5.74, 6) is -0.783. The Balaban J connectivity index is 1.73. The van der Waals surface area contributed by atoms with E-state index in [4.69, 9.17) is 4.74 Å². The number of methoxy groups -OCH3 is 1. The number of barbiturate groups is 1. The summed E-state index contributed by atoms with van der Waals surface area (Å²) in [6.07, 6.45) is 2.13. The van der Waals surface area contributed by atoms with E-state index in [2.05, 4.69) is 53.3 Å². The lowest BCUT2D eigenvalue weighted by molar-refractivity contribution is -0.122. The lowest BCUT2D eigenvalue weighted by atomic mass is 9.98. The van der Waals surface area contributed by atoms with Crippen LogP contribution in [0.3, 0.4) is 0 Å². The van der Waals surface area contributed by atoms with Crippen molar-refractivity contribution in [1.82, 2.24) is 5.32 Å². The highest BCUT2D eigenvalue weighted by Gasteiger charge is 2.37. The number of hydrogen-bond acceptors (Lipinski definition) is 4. The average Bonchev–Trinajstić information content (AvgIpc) is 2.79. The van der Waals surface area contributed by atoms with Gasteiger partial charge >= 0.3 is 6.03 Å². The maximum Gasteiger partial charge on any atom is 0.335 e. The fraction of sp³-hybridized carbons (Fsp3) is 0.207. The van der Waals surface area contributed by atoms with E-state index in [0.717, 1.165) is 31.6 Å². The number of anilines is 1. The number of imide groups is 2. The molecule has 0 radical (unpaired) electrons. The fourth-order valence-electron chi connectivity index (χ4n) is 4.45. The van der Waals surface area contributed by atoms with Crippen molar-refractivity contribution in [2.45, 2.75) is 34.1 Å². The Bertz CT molecular complexity index is 1420. The summed E-state index contributed by atoms with van der Waals surface area (Å²) >= 11 is 3.64. The lowest BCUT2D eigenvalue weighted by Gasteiger charge is -2.28. The number of nitrogens with zero attached hydrogens (tertiary/aromatic N) is 1. The van der Waals surface area contributed by atoms with Gasteiger partial charge in [-0.15, -0.1) is 0 Å². The van der Waals surface area contributed by atoms with Gasteiger partial charge in [0.25, 0.3) is 11.8 Å². The number of rotatable bonds is 5. The number of urea groups is 1. The van der Waals surface area contributed by atoms with Crippen molar-refractivity contribution < 1.29 is 19.1 Å². The van der Waals surface area contributed by atoms with Gasteiger partial charge in [0.2, 0.25) is 0 Å². The maximum atomic E-state index is 13.4. The molecule has 0 aromatic heterocycles. The molecule has 7 heteroatoms. The van der Waals surface area contributed by atoms with Crippen molar-refractivity contribution in [3.05, 3.63) is 97.5 Å². The van der Waals surface area contributed by atoms with E-state index in [0.29, 0.717) is 23.4 Å². The van der Waals surface area contributed by atoms with Gasteiger partial charge in [0, 0.05) is 16.5 Å². The number of ether oxygens (including phenoxy) is 1. The zero-order chi connectivity index (χ0) is 26.1. The van der Waals surface area contributed by atoms with Crippen LogP contribution in [0.2, 0.25) is 0 Å². The molecule has 1 saturated heterocycles. The molecule has 6 nitrogen and oxygen atoms in total. The van der Waals surface area contributed by atoms with Gasteiger partial charge in [-0.2, -0.15) is 0 Å². The SMILES string of the molecule is COc1cc(/C=C2\C(=O)NC(=O)N(c3cc(C)ccc3C)C2=O)cc(Br)c1Cc1cc(C)cc(C)c1. The zero-order valence-corrected chi connectivity index (χ0v) is 22.4. The molecule has 184 valence electrons. The smallest absolute Gasteiger partial charge is 0.335 e. The monoisotopic (exact) mass is 546 g/mol. The number of carbonyl (C=O) groups excluding carboxylic acids is 3. The van der Waals surface area contributed by atoms with Crippen molar-refractivity contribution in [2.75, 3.05) is 12.0 Å². The Morgan fingerprint density at radius 1 is 0.917 bits per heavy atom. The quantitative estimate of drug-likeness (QED) is 0.317. The molecule has 0 unspecified atom stereocenters. The van der Waals surface area contributed by atoms with Crippen LogP contribution in [-0.2, 0) is 16.0 Å². The number of benzene rings is 3. The topological polar surface area (TPSA) is 75.7 Å². The normalized spacial score (nSPS) is 14.9. The summed E-state index contributed by atoms with van der Waals surface area (Å²) in [5, 5.41) is 2.29. The Morgan fingerprint density at radius 2 is 1.61 bits per heavy atom. The van der Waals surface area contributed by atoms with E-state index < -0.39 is 17.8 Å². The minimum atomic E-state index is -0.765. The highest BCUT2D eigenvalue weighted by Crippen LogP contribution is 2.33. The summed E-state index contributed by atoms with van der Waals surface area (Å²) in [4.78, 5) is 39.7. The van der Waals surface area contributed by atoms with Gasteiger partial charge < -0.3 is 4.74 Å². The summed E-state index contributed by atoms with van der Waals surface area (Å²) in [6, 6.07) is 14.8. The van der Waals surface area contributed by atoms with Gasteiger partial charge in [0.15, 0.2) is 0 Å². The Morgan fingerprint density at radius 3 is 2.28 bits per heavy atom. The van der Waals surface area contributed by atoms with Crippen molar-refractivity contribution >= 4 is 45.5 Å². The second kappa shape index (κ2) is 10.1. The second-order valence-electron chi connectivity index (χ2n) is 9.10. The first-order valence-electron chi connectivity index (χ1n) is 11.5. The zero-order valence-electron chi connectivity index (χ0n) is 20.9. The van der Waals surface area contributed by atoms with Crippen LogP contribution in [0.4, 0.5) is 10.5 Å². The third-order valence-electron chi connectivity index (χ3n) is 6.08. The second-order valence-corrected chi connectivity index (χ2v) is 9.96. The van der Waals surface area contributed by atoms with Gasteiger partial charge in [0.05, 0.1) is 12.8 Å². The molecule has 0 atom stereocenters. The first-order valence-corrected chi connectivity index (χ1v) is 12.3. The maximum absolute atomic E-state index is 13.4. The highest BCUT2D eigenvalue weighted by molar-refractivity contribution is 9.10. The van der Waals surface area contributed by atoms with Crippen LogP contribution in [0.1, 0.15) is 38.9 Å². The minimum absolute atomic E-state index is 0.133. The van der Waals surface area contributed by atoms with Crippen molar-refractivity contribution in [2.24, 2.45) is 0 Å². The van der Waals surface area contributed by atoms with E-state index >= 15 is 0 Å². The van der Waals surface area contributed by atoms with Crippen molar-refractivity contribution in [1.29, 1.82) is 0 Å². The molecule has 1 N–H and O–H groups in total. The molecule has 0 aliphatic carbocycles. The molecule has 0 saturated carbocycles. The van der Waals surface area contributed by atoms with Crippen LogP contribution >= 0.6 is 15.9 Å². The van der Waals surface area contributed by atoms with Gasteiger partial charge in [-0.05, 0) is 74.2 Å². The summed E-state index contributed by atoms with van der Waals surface area (Å²) in [7, 11) is 1.59. The van der Waals surface area contributed by atoms with Crippen LogP contribution in [0.5, 0.6) is 5.75 Å². The van der Waals surface area contributed by atoms with Gasteiger partial charge in [-0.25, -0.2) is 9.69 Å². The van der Waals surface area contributed by atoms with Crippen LogP contribution in [-0.4, -0.2) is 25.0 Å². The molecule has 3 aromatic carbocycles. The fourth-order valence-corrected chi connectivity index (χ4v) is 5.05. The molecule has 36 heavy (non-hydrogen) atoms. The minimum Gasteiger partial charge on any atom is -0.496 e. The predicted octanol–water partition coefficient (Wildman–Crippen LogP) is 5.95. The number of nitrogens with one attached hydrogen (secondary N) is 1. The first kappa shape index (κ1) is 25.4. The molecule has 4 rings (SSSR count). The van der Waals surface area contributed by atoms with Gasteiger partial charge in [0.1, 0.15) is 11.3 Å². The van der Waals surface area contributed by atoms with Crippen molar-refractivity contribution in [3.63, 3.8) is 0 Å². The molecule has 0 spiro atoms. The first-order chi connectivity index (χ1) is 17.1. The Hall–Kier alpha value is -3.71. The van der Waals surface area contributed by atoms with Crippen LogP contribution in [0.15, 0.2) is 58.6 Å². The number of aryl methyl sites for hydroxylation is 4. The molecule has 1 fully saturated rings. The number of amides is 4. The number of halogens is 1. The molecule has 1 aliphatic rings. The molecule has 3 aromatic rings. The number of carbonyl (C=O) groups is 3. The van der Waals surface area contributed by atoms with Gasteiger partial charge in [-0.3, -0.25) is 14.9 Å².